The second-order valence-electron chi connectivity index (χ2n) is 6.89. The van der Waals surface area contributed by atoms with Crippen molar-refractivity contribution in [1.29, 1.82) is 0 Å². The number of ether oxygens (including phenoxy) is 1. The van der Waals surface area contributed by atoms with Gasteiger partial charge in [-0.3, -0.25) is 4.79 Å². The summed E-state index contributed by atoms with van der Waals surface area (Å²) in [5.41, 5.74) is -1.28. The van der Waals surface area contributed by atoms with Crippen molar-refractivity contribution < 1.29 is 22.7 Å². The van der Waals surface area contributed by atoms with Crippen LogP contribution in [0.25, 0.3) is 11.3 Å². The van der Waals surface area contributed by atoms with E-state index in [0.29, 0.717) is 0 Å². The number of anilines is 1. The van der Waals surface area contributed by atoms with Crippen LogP contribution in [0.1, 0.15) is 23.3 Å². The van der Waals surface area contributed by atoms with Gasteiger partial charge in [-0.25, -0.2) is 23.1 Å². The molecule has 0 bridgehead atoms. The molecule has 4 rings (SSSR count). The van der Waals surface area contributed by atoms with Crippen molar-refractivity contribution in [3.8, 4) is 17.1 Å². The Morgan fingerprint density at radius 2 is 1.78 bits per heavy atom. The summed E-state index contributed by atoms with van der Waals surface area (Å²) >= 11 is 0. The first-order valence-corrected chi connectivity index (χ1v) is 9.62. The Kier molecular flexibility index (Phi) is 7.60. The van der Waals surface area contributed by atoms with Crippen molar-refractivity contribution >= 4 is 24.0 Å². The Labute approximate surface area is 187 Å². The van der Waals surface area contributed by atoms with Crippen LogP contribution in [0.15, 0.2) is 42.9 Å². The summed E-state index contributed by atoms with van der Waals surface area (Å²) in [6.45, 7) is 1.62. The van der Waals surface area contributed by atoms with E-state index in [4.69, 9.17) is 4.74 Å². The third kappa shape index (κ3) is 5.14. The number of hydrogen-bond donors (Lipinski definition) is 2. The Morgan fingerprint density at radius 3 is 2.50 bits per heavy atom. The fourth-order valence-corrected chi connectivity index (χ4v) is 3.22. The molecule has 1 aromatic carbocycles. The normalized spacial score (nSPS) is 13.8. The van der Waals surface area contributed by atoms with Gasteiger partial charge in [-0.05, 0) is 50.2 Å². The van der Waals surface area contributed by atoms with E-state index in [1.807, 2.05) is 0 Å². The highest BCUT2D eigenvalue weighted by molar-refractivity contribution is 6.03. The monoisotopic (exact) mass is 465 g/mol. The van der Waals surface area contributed by atoms with Crippen molar-refractivity contribution in [2.75, 3.05) is 18.4 Å². The van der Waals surface area contributed by atoms with Crippen molar-refractivity contribution in [1.82, 2.24) is 20.3 Å². The van der Waals surface area contributed by atoms with E-state index in [2.05, 4.69) is 25.6 Å². The standard InChI is InChI=1S/C21H18F3N5O2.ClH/c22-13-2-1-3-14(23)18(13)19-15(24)4-5-16(28-19)20(30)29-17-10-26-11-27-21(17)31-12-6-8-25-9-7-12;/h1-5,10-12,25H,6-9H2,(H,29,30);1H. The molecule has 3 aromatic rings. The molecule has 7 nitrogen and oxygen atoms in total. The molecule has 32 heavy (non-hydrogen) atoms. The van der Waals surface area contributed by atoms with Crippen molar-refractivity contribution in [2.24, 2.45) is 0 Å². The lowest BCUT2D eigenvalue weighted by Crippen LogP contribution is -2.34. The van der Waals surface area contributed by atoms with E-state index in [0.717, 1.165) is 56.3 Å². The minimum absolute atomic E-state index is 0. The number of aromatic nitrogens is 3. The number of rotatable bonds is 5. The molecule has 0 saturated carbocycles. The number of halogens is 4. The van der Waals surface area contributed by atoms with Crippen LogP contribution in [0.4, 0.5) is 18.9 Å². The number of benzene rings is 1. The van der Waals surface area contributed by atoms with Crippen LogP contribution in [0, 0.1) is 17.5 Å². The zero-order chi connectivity index (χ0) is 21.8. The Hall–Kier alpha value is -3.24. The number of carbonyl (C=O) groups is 1. The van der Waals surface area contributed by atoms with Gasteiger partial charge in [-0.1, -0.05) is 6.07 Å². The van der Waals surface area contributed by atoms with Gasteiger partial charge in [0.1, 0.15) is 47.0 Å². The molecule has 1 fully saturated rings. The Balaban J connectivity index is 0.00000289. The van der Waals surface area contributed by atoms with Gasteiger partial charge >= 0.3 is 0 Å². The predicted octanol–water partition coefficient (Wildman–Crippen LogP) is 3.76. The molecule has 0 radical (unpaired) electrons. The van der Waals surface area contributed by atoms with Gasteiger partial charge in [0.15, 0.2) is 0 Å². The SMILES string of the molecule is Cl.O=C(Nc1cncnc1OC1CCNCC1)c1ccc(F)c(-c2c(F)cccc2F)n1. The van der Waals surface area contributed by atoms with Crippen LogP contribution in [0.3, 0.4) is 0 Å². The summed E-state index contributed by atoms with van der Waals surface area (Å²) in [6, 6.07) is 5.17. The maximum atomic E-state index is 14.3. The van der Waals surface area contributed by atoms with E-state index in [-0.39, 0.29) is 35.8 Å². The van der Waals surface area contributed by atoms with Gasteiger partial charge in [-0.15, -0.1) is 12.4 Å². The quantitative estimate of drug-likeness (QED) is 0.596. The number of piperidine rings is 1. The first kappa shape index (κ1) is 23.4. The van der Waals surface area contributed by atoms with E-state index in [1.165, 1.54) is 12.5 Å². The van der Waals surface area contributed by atoms with E-state index in [9.17, 15) is 18.0 Å². The maximum absolute atomic E-state index is 14.3. The molecule has 0 aliphatic carbocycles. The number of hydrogen-bond acceptors (Lipinski definition) is 6. The van der Waals surface area contributed by atoms with E-state index < -0.39 is 34.6 Å². The summed E-state index contributed by atoms with van der Waals surface area (Å²) < 4.78 is 48.3. The van der Waals surface area contributed by atoms with Crippen LogP contribution in [0.5, 0.6) is 5.88 Å². The average molecular weight is 466 g/mol. The number of carbonyl (C=O) groups excluding carboxylic acids is 1. The molecule has 2 aromatic heterocycles. The molecule has 2 N–H and O–H groups in total. The van der Waals surface area contributed by atoms with Gasteiger partial charge in [0.05, 0.1) is 11.8 Å². The first-order chi connectivity index (χ1) is 15.0. The molecule has 1 amide bonds. The zero-order valence-corrected chi connectivity index (χ0v) is 17.5. The second-order valence-corrected chi connectivity index (χ2v) is 6.89. The summed E-state index contributed by atoms with van der Waals surface area (Å²) in [7, 11) is 0. The highest BCUT2D eigenvalue weighted by atomic mass is 35.5. The minimum atomic E-state index is -0.988. The number of amides is 1. The number of nitrogens with one attached hydrogen (secondary N) is 2. The Morgan fingerprint density at radius 1 is 1.06 bits per heavy atom. The molecule has 0 atom stereocenters. The molecule has 0 unspecified atom stereocenters. The largest absolute Gasteiger partial charge is 0.473 e. The highest BCUT2D eigenvalue weighted by Gasteiger charge is 2.21. The van der Waals surface area contributed by atoms with E-state index >= 15 is 0 Å². The van der Waals surface area contributed by atoms with Gasteiger partial charge in [0, 0.05) is 0 Å². The lowest BCUT2D eigenvalue weighted by molar-refractivity contribution is 0.102. The summed E-state index contributed by atoms with van der Waals surface area (Å²) in [5, 5.41) is 5.79. The lowest BCUT2D eigenvalue weighted by Gasteiger charge is -2.24. The van der Waals surface area contributed by atoms with Gasteiger partial charge in [-0.2, -0.15) is 4.98 Å². The third-order valence-electron chi connectivity index (χ3n) is 4.77. The molecule has 1 aliphatic heterocycles. The van der Waals surface area contributed by atoms with Gasteiger partial charge < -0.3 is 15.4 Å². The Bertz CT molecular complexity index is 1090. The highest BCUT2D eigenvalue weighted by Crippen LogP contribution is 2.28. The molecular formula is C21H19ClF3N5O2. The van der Waals surface area contributed by atoms with Crippen LogP contribution >= 0.6 is 12.4 Å². The van der Waals surface area contributed by atoms with Crippen LogP contribution < -0.4 is 15.4 Å². The van der Waals surface area contributed by atoms with Crippen LogP contribution in [0.2, 0.25) is 0 Å². The zero-order valence-electron chi connectivity index (χ0n) is 16.6. The van der Waals surface area contributed by atoms with Gasteiger partial charge in [0.2, 0.25) is 5.88 Å². The maximum Gasteiger partial charge on any atom is 0.274 e. The topological polar surface area (TPSA) is 89.0 Å². The van der Waals surface area contributed by atoms with Crippen molar-refractivity contribution in [3.05, 3.63) is 66.0 Å². The molecule has 3 heterocycles. The molecule has 0 spiro atoms. The average Bonchev–Trinajstić information content (AvgIpc) is 2.77. The molecular weight excluding hydrogens is 447 g/mol. The fourth-order valence-electron chi connectivity index (χ4n) is 3.22. The first-order valence-electron chi connectivity index (χ1n) is 9.62. The molecule has 11 heteroatoms. The van der Waals surface area contributed by atoms with Crippen LogP contribution in [-0.4, -0.2) is 40.1 Å². The van der Waals surface area contributed by atoms with Crippen molar-refractivity contribution in [3.63, 3.8) is 0 Å². The number of nitrogens with zero attached hydrogens (tertiary/aromatic N) is 3. The predicted molar refractivity (Wildman–Crippen MR) is 113 cm³/mol. The minimum Gasteiger partial charge on any atom is -0.473 e. The molecule has 1 aliphatic rings. The molecule has 1 saturated heterocycles. The fraction of sp³-hybridized carbons (Fsp3) is 0.238. The van der Waals surface area contributed by atoms with E-state index in [1.54, 1.807) is 0 Å². The van der Waals surface area contributed by atoms with Gasteiger partial charge in [0.25, 0.3) is 5.91 Å². The molecule has 168 valence electrons. The summed E-state index contributed by atoms with van der Waals surface area (Å²) in [6.07, 6.45) is 4.17. The lowest BCUT2D eigenvalue weighted by atomic mass is 10.1. The summed E-state index contributed by atoms with van der Waals surface area (Å²) in [4.78, 5) is 24.5. The second kappa shape index (κ2) is 10.4. The summed E-state index contributed by atoms with van der Waals surface area (Å²) in [5.74, 6) is -3.48. The van der Waals surface area contributed by atoms with Crippen molar-refractivity contribution in [2.45, 2.75) is 18.9 Å². The number of pyridine rings is 1. The smallest absolute Gasteiger partial charge is 0.274 e. The van der Waals surface area contributed by atoms with Crippen LogP contribution in [-0.2, 0) is 0 Å². The third-order valence-corrected chi connectivity index (χ3v) is 4.77.